The van der Waals surface area contributed by atoms with Gasteiger partial charge in [0.15, 0.2) is 11.6 Å². The molecule has 5 nitrogen and oxygen atoms in total. The fraction of sp³-hybridized carbons (Fsp3) is 0.231. The molecule has 20 heavy (non-hydrogen) atoms. The minimum Gasteiger partial charge on any atom is -0.436 e. The lowest BCUT2D eigenvalue weighted by Gasteiger charge is -2.11. The number of nitrogen functional groups attached to an aromatic ring is 1. The third-order valence-electron chi connectivity index (χ3n) is 2.49. The van der Waals surface area contributed by atoms with Gasteiger partial charge in [-0.3, -0.25) is 0 Å². The van der Waals surface area contributed by atoms with Gasteiger partial charge in [0.2, 0.25) is 5.88 Å². The molecule has 0 aliphatic rings. The summed E-state index contributed by atoms with van der Waals surface area (Å²) in [7, 11) is 0. The molecular weight excluding hydrogens is 266 g/mol. The molecular formula is C13H14F2N4O. The van der Waals surface area contributed by atoms with Gasteiger partial charge in [0.1, 0.15) is 17.5 Å². The third kappa shape index (κ3) is 3.18. The van der Waals surface area contributed by atoms with Crippen molar-refractivity contribution in [2.45, 2.75) is 19.8 Å². The lowest BCUT2D eigenvalue weighted by Crippen LogP contribution is -2.11. The van der Waals surface area contributed by atoms with Crippen LogP contribution in [0.15, 0.2) is 24.3 Å². The van der Waals surface area contributed by atoms with Crippen LogP contribution >= 0.6 is 0 Å². The molecule has 0 saturated heterocycles. The molecule has 0 radical (unpaired) electrons. The largest absolute Gasteiger partial charge is 0.436 e. The van der Waals surface area contributed by atoms with E-state index in [0.717, 1.165) is 12.1 Å². The molecule has 1 aromatic carbocycles. The number of anilines is 1. The monoisotopic (exact) mass is 280 g/mol. The summed E-state index contributed by atoms with van der Waals surface area (Å²) in [5.74, 6) is 4.72. The topological polar surface area (TPSA) is 73.1 Å². The molecule has 1 aromatic heterocycles. The van der Waals surface area contributed by atoms with Crippen molar-refractivity contribution in [2.75, 3.05) is 5.43 Å². The normalized spacial score (nSPS) is 10.7. The Hall–Kier alpha value is -2.28. The lowest BCUT2D eigenvalue weighted by molar-refractivity contribution is 0.420. The summed E-state index contributed by atoms with van der Waals surface area (Å²) in [5.41, 5.74) is 2.39. The van der Waals surface area contributed by atoms with Crippen LogP contribution in [0.4, 0.5) is 14.6 Å². The summed E-state index contributed by atoms with van der Waals surface area (Å²) in [4.78, 5) is 8.30. The first-order valence-corrected chi connectivity index (χ1v) is 5.98. The molecule has 0 amide bonds. The second-order valence-corrected chi connectivity index (χ2v) is 4.43. The van der Waals surface area contributed by atoms with Gasteiger partial charge in [0.05, 0.1) is 0 Å². The molecule has 0 fully saturated rings. The van der Waals surface area contributed by atoms with Crippen LogP contribution in [0.5, 0.6) is 11.6 Å². The van der Waals surface area contributed by atoms with Gasteiger partial charge in [-0.15, -0.1) is 0 Å². The van der Waals surface area contributed by atoms with Crippen LogP contribution in [-0.4, -0.2) is 9.97 Å². The Morgan fingerprint density at radius 3 is 2.55 bits per heavy atom. The molecule has 7 heteroatoms. The number of nitrogens with two attached hydrogens (primary N) is 1. The summed E-state index contributed by atoms with van der Waals surface area (Å²) in [6.45, 7) is 3.80. The number of hydrazine groups is 1. The van der Waals surface area contributed by atoms with Crippen molar-refractivity contribution in [2.24, 2.45) is 5.84 Å². The smallest absolute Gasteiger partial charge is 0.224 e. The van der Waals surface area contributed by atoms with Crippen LogP contribution in [0.2, 0.25) is 0 Å². The highest BCUT2D eigenvalue weighted by atomic mass is 19.1. The first-order valence-electron chi connectivity index (χ1n) is 5.98. The van der Waals surface area contributed by atoms with Gasteiger partial charge in [-0.05, 0) is 12.1 Å². The van der Waals surface area contributed by atoms with E-state index in [2.05, 4.69) is 15.4 Å². The van der Waals surface area contributed by atoms with Crippen molar-refractivity contribution in [1.82, 2.24) is 9.97 Å². The van der Waals surface area contributed by atoms with E-state index in [1.54, 1.807) is 0 Å². The van der Waals surface area contributed by atoms with E-state index < -0.39 is 11.6 Å². The van der Waals surface area contributed by atoms with E-state index in [0.29, 0.717) is 11.6 Å². The van der Waals surface area contributed by atoms with Crippen LogP contribution in [0.3, 0.4) is 0 Å². The fourth-order valence-corrected chi connectivity index (χ4v) is 1.50. The maximum Gasteiger partial charge on any atom is 0.224 e. The molecule has 0 saturated carbocycles. The Balaban J connectivity index is 2.34. The van der Waals surface area contributed by atoms with E-state index in [4.69, 9.17) is 10.6 Å². The molecule has 0 spiro atoms. The Morgan fingerprint density at radius 1 is 1.20 bits per heavy atom. The van der Waals surface area contributed by atoms with Crippen LogP contribution in [0.1, 0.15) is 25.6 Å². The Kier molecular flexibility index (Phi) is 4.09. The first-order chi connectivity index (χ1) is 9.49. The van der Waals surface area contributed by atoms with Gasteiger partial charge in [-0.1, -0.05) is 13.8 Å². The van der Waals surface area contributed by atoms with Gasteiger partial charge in [0.25, 0.3) is 0 Å². The molecule has 3 N–H and O–H groups in total. The van der Waals surface area contributed by atoms with Crippen LogP contribution < -0.4 is 16.0 Å². The van der Waals surface area contributed by atoms with E-state index in [1.165, 1.54) is 12.1 Å². The number of ether oxygens (including phenoxy) is 1. The van der Waals surface area contributed by atoms with E-state index in [1.807, 2.05) is 13.8 Å². The van der Waals surface area contributed by atoms with E-state index in [9.17, 15) is 8.78 Å². The van der Waals surface area contributed by atoms with Crippen molar-refractivity contribution in [1.29, 1.82) is 0 Å². The van der Waals surface area contributed by atoms with Crippen LogP contribution in [0, 0.1) is 11.6 Å². The molecule has 106 valence electrons. The van der Waals surface area contributed by atoms with Crippen LogP contribution in [-0.2, 0) is 0 Å². The van der Waals surface area contributed by atoms with Gasteiger partial charge in [0, 0.05) is 18.1 Å². The third-order valence-corrected chi connectivity index (χ3v) is 2.49. The van der Waals surface area contributed by atoms with Crippen LogP contribution in [0.25, 0.3) is 0 Å². The second kappa shape index (κ2) is 5.79. The minimum absolute atomic E-state index is 0.0451. The number of nitrogens with one attached hydrogen (secondary N) is 1. The predicted molar refractivity (Wildman–Crippen MR) is 70.4 cm³/mol. The molecule has 2 rings (SSSR count). The number of hydrogen-bond acceptors (Lipinski definition) is 5. The SMILES string of the molecule is CC(C)c1nc(NN)cc(Oc2ccc(F)cc2F)n1. The molecule has 0 bridgehead atoms. The zero-order valence-corrected chi connectivity index (χ0v) is 11.0. The highest BCUT2D eigenvalue weighted by Crippen LogP contribution is 2.26. The Labute approximate surface area is 114 Å². The number of benzene rings is 1. The standard InChI is InChI=1S/C13H14F2N4O/c1-7(2)13-17-11(19-16)6-12(18-13)20-10-4-3-8(14)5-9(10)15/h3-7H,16H2,1-2H3,(H,17,18,19). The number of nitrogens with zero attached hydrogens (tertiary/aromatic N) is 2. The van der Waals surface area contributed by atoms with Gasteiger partial charge in [-0.25, -0.2) is 19.6 Å². The minimum atomic E-state index is -0.808. The molecule has 1 heterocycles. The number of rotatable bonds is 4. The molecule has 0 unspecified atom stereocenters. The molecule has 0 atom stereocenters. The van der Waals surface area contributed by atoms with Gasteiger partial charge < -0.3 is 10.2 Å². The Morgan fingerprint density at radius 2 is 1.95 bits per heavy atom. The number of hydrogen-bond donors (Lipinski definition) is 2. The second-order valence-electron chi connectivity index (χ2n) is 4.43. The quantitative estimate of drug-likeness (QED) is 0.665. The van der Waals surface area contributed by atoms with Crippen molar-refractivity contribution < 1.29 is 13.5 Å². The number of halogens is 2. The predicted octanol–water partition coefficient (Wildman–Crippen LogP) is 2.96. The summed E-state index contributed by atoms with van der Waals surface area (Å²) >= 11 is 0. The average molecular weight is 280 g/mol. The number of aromatic nitrogens is 2. The summed E-state index contributed by atoms with van der Waals surface area (Å²) in [5, 5.41) is 0. The highest BCUT2D eigenvalue weighted by molar-refractivity contribution is 5.39. The fourth-order valence-electron chi connectivity index (χ4n) is 1.50. The molecule has 2 aromatic rings. The average Bonchev–Trinajstić information content (AvgIpc) is 2.41. The van der Waals surface area contributed by atoms with E-state index in [-0.39, 0.29) is 17.5 Å². The van der Waals surface area contributed by atoms with Gasteiger partial charge in [-0.2, -0.15) is 4.98 Å². The summed E-state index contributed by atoms with van der Waals surface area (Å²) in [6, 6.07) is 4.46. The van der Waals surface area contributed by atoms with Crippen molar-refractivity contribution in [3.05, 3.63) is 41.7 Å². The van der Waals surface area contributed by atoms with Crippen molar-refractivity contribution in [3.63, 3.8) is 0 Å². The zero-order chi connectivity index (χ0) is 14.7. The maximum atomic E-state index is 13.5. The maximum absolute atomic E-state index is 13.5. The molecule has 0 aliphatic carbocycles. The van der Waals surface area contributed by atoms with Crippen molar-refractivity contribution >= 4 is 5.82 Å². The zero-order valence-electron chi connectivity index (χ0n) is 11.0. The lowest BCUT2D eigenvalue weighted by atomic mass is 10.2. The van der Waals surface area contributed by atoms with Gasteiger partial charge >= 0.3 is 0 Å². The summed E-state index contributed by atoms with van der Waals surface area (Å²) in [6.07, 6.45) is 0. The highest BCUT2D eigenvalue weighted by Gasteiger charge is 2.11. The molecule has 0 aliphatic heterocycles. The van der Waals surface area contributed by atoms with E-state index >= 15 is 0 Å². The first kappa shape index (κ1) is 14.1. The summed E-state index contributed by atoms with van der Waals surface area (Å²) < 4.78 is 31.7. The van der Waals surface area contributed by atoms with Crippen molar-refractivity contribution in [3.8, 4) is 11.6 Å². The Bertz CT molecular complexity index is 619.